The molecule has 0 aliphatic carbocycles. The van der Waals surface area contributed by atoms with Crippen molar-refractivity contribution in [1.29, 1.82) is 0 Å². The van der Waals surface area contributed by atoms with Crippen molar-refractivity contribution < 1.29 is 4.79 Å². The second kappa shape index (κ2) is 5.31. The van der Waals surface area contributed by atoms with E-state index < -0.39 is 0 Å². The largest absolute Gasteiger partial charge is 0.294 e. The molecule has 0 radical (unpaired) electrons. The Morgan fingerprint density at radius 3 is 2.96 bits per heavy atom. The number of hydrogen-bond acceptors (Lipinski definition) is 5. The molecule has 6 nitrogen and oxygen atoms in total. The minimum Gasteiger partial charge on any atom is -0.294 e. The molecule has 1 N–H and O–H groups in total. The highest BCUT2D eigenvalue weighted by Gasteiger charge is 2.33. The number of aromatic nitrogens is 1. The Balaban J connectivity index is 1.70. The van der Waals surface area contributed by atoms with Crippen LogP contribution >= 0.6 is 0 Å². The molecule has 2 aliphatic rings. The minimum absolute atomic E-state index is 0.164. The van der Waals surface area contributed by atoms with Gasteiger partial charge in [0.15, 0.2) is 0 Å². The number of hydrogen-bond donors (Lipinski definition) is 1. The highest BCUT2D eigenvalue weighted by Crippen LogP contribution is 2.29. The third-order valence-electron chi connectivity index (χ3n) is 3.82. The summed E-state index contributed by atoms with van der Waals surface area (Å²) in [5, 5.41) is 2.88. The van der Waals surface area contributed by atoms with Gasteiger partial charge in [-0.2, -0.15) is 0 Å². The third-order valence-corrected chi connectivity index (χ3v) is 3.82. The number of carbonyl (C=O) groups excluding carboxylic acids is 1. The standard InChI is InChI=1S/C17H15N5O/c1-11-10-22-15(19-11)13-6-2-3-7-14(13)20-17(22)21-16(23)12-5-4-8-18-9-12/h2-9,11H,10H2,1H3,(H,20,21,23)/t11-/m0/s1. The van der Waals surface area contributed by atoms with Crippen LogP contribution in [0.2, 0.25) is 0 Å². The van der Waals surface area contributed by atoms with Crippen molar-refractivity contribution in [3.8, 4) is 0 Å². The number of nitrogens with one attached hydrogen (secondary N) is 1. The van der Waals surface area contributed by atoms with E-state index in [1.165, 1.54) is 6.20 Å². The van der Waals surface area contributed by atoms with Crippen LogP contribution in [0, 0.1) is 0 Å². The van der Waals surface area contributed by atoms with Crippen LogP contribution in [-0.4, -0.2) is 40.2 Å². The first-order chi connectivity index (χ1) is 11.2. The molecule has 0 saturated heterocycles. The van der Waals surface area contributed by atoms with Crippen LogP contribution in [0.15, 0.2) is 58.8 Å². The van der Waals surface area contributed by atoms with Crippen LogP contribution in [0.5, 0.6) is 0 Å². The van der Waals surface area contributed by atoms with E-state index in [1.807, 2.05) is 29.2 Å². The van der Waals surface area contributed by atoms with Crippen LogP contribution in [-0.2, 0) is 0 Å². The molecule has 0 bridgehead atoms. The predicted octanol–water partition coefficient (Wildman–Crippen LogP) is 1.96. The molecule has 23 heavy (non-hydrogen) atoms. The summed E-state index contributed by atoms with van der Waals surface area (Å²) in [6.07, 6.45) is 3.17. The number of benzene rings is 1. The lowest BCUT2D eigenvalue weighted by Crippen LogP contribution is -2.48. The fourth-order valence-corrected chi connectivity index (χ4v) is 2.77. The van der Waals surface area contributed by atoms with Crippen molar-refractivity contribution in [1.82, 2.24) is 15.2 Å². The summed E-state index contributed by atoms with van der Waals surface area (Å²) in [6, 6.07) is 11.4. The van der Waals surface area contributed by atoms with E-state index in [0.717, 1.165) is 17.1 Å². The van der Waals surface area contributed by atoms with Crippen molar-refractivity contribution in [2.75, 3.05) is 6.54 Å². The topological polar surface area (TPSA) is 70.0 Å². The normalized spacial score (nSPS) is 18.7. The van der Waals surface area contributed by atoms with E-state index in [1.54, 1.807) is 18.3 Å². The van der Waals surface area contributed by atoms with E-state index in [9.17, 15) is 4.79 Å². The van der Waals surface area contributed by atoms with Gasteiger partial charge in [0.2, 0.25) is 5.96 Å². The summed E-state index contributed by atoms with van der Waals surface area (Å²) in [5.41, 5.74) is 2.31. The van der Waals surface area contributed by atoms with Gasteiger partial charge >= 0.3 is 0 Å². The lowest BCUT2D eigenvalue weighted by Gasteiger charge is -2.27. The van der Waals surface area contributed by atoms with Crippen molar-refractivity contribution >= 4 is 23.4 Å². The lowest BCUT2D eigenvalue weighted by molar-refractivity contribution is 0.0973. The van der Waals surface area contributed by atoms with Gasteiger partial charge in [0.1, 0.15) is 5.84 Å². The first-order valence-electron chi connectivity index (χ1n) is 7.47. The zero-order valence-electron chi connectivity index (χ0n) is 12.6. The molecule has 0 saturated carbocycles. The van der Waals surface area contributed by atoms with E-state index >= 15 is 0 Å². The Labute approximate surface area is 133 Å². The molecule has 0 fully saturated rings. The monoisotopic (exact) mass is 305 g/mol. The molecular weight excluding hydrogens is 290 g/mol. The number of aliphatic imine (C=N–C) groups is 2. The smallest absolute Gasteiger partial charge is 0.259 e. The first kappa shape index (κ1) is 13.6. The van der Waals surface area contributed by atoms with Crippen LogP contribution in [0.3, 0.4) is 0 Å². The van der Waals surface area contributed by atoms with Crippen LogP contribution in [0.25, 0.3) is 0 Å². The van der Waals surface area contributed by atoms with Gasteiger partial charge in [-0.1, -0.05) is 12.1 Å². The quantitative estimate of drug-likeness (QED) is 0.875. The van der Waals surface area contributed by atoms with E-state index in [0.29, 0.717) is 18.1 Å². The highest BCUT2D eigenvalue weighted by atomic mass is 16.1. The molecule has 4 rings (SSSR count). The second-order valence-corrected chi connectivity index (χ2v) is 5.56. The molecule has 0 unspecified atom stereocenters. The van der Waals surface area contributed by atoms with Crippen LogP contribution in [0.4, 0.5) is 5.69 Å². The van der Waals surface area contributed by atoms with Crippen LogP contribution in [0.1, 0.15) is 22.8 Å². The SMILES string of the molecule is C[C@H]1CN2C(NC(=O)c3cccnc3)=Nc3ccccc3C2=N1. The average Bonchev–Trinajstić information content (AvgIpc) is 2.98. The first-order valence-corrected chi connectivity index (χ1v) is 7.47. The Hall–Kier alpha value is -3.02. The van der Waals surface area contributed by atoms with Crippen molar-refractivity contribution in [3.63, 3.8) is 0 Å². The number of para-hydroxylation sites is 1. The highest BCUT2D eigenvalue weighted by molar-refractivity contribution is 6.19. The fraction of sp³-hybridized carbons (Fsp3) is 0.176. The molecule has 0 spiro atoms. The molecule has 1 amide bonds. The Morgan fingerprint density at radius 1 is 1.26 bits per heavy atom. The summed E-state index contributed by atoms with van der Waals surface area (Å²) in [6.45, 7) is 2.75. The summed E-state index contributed by atoms with van der Waals surface area (Å²) < 4.78 is 0. The molecule has 1 aromatic heterocycles. The Bertz CT molecular complexity index is 828. The molecule has 114 valence electrons. The molecule has 3 heterocycles. The predicted molar refractivity (Wildman–Crippen MR) is 87.9 cm³/mol. The molecular formula is C17H15N5O. The fourth-order valence-electron chi connectivity index (χ4n) is 2.77. The van der Waals surface area contributed by atoms with Crippen molar-refractivity contribution in [2.24, 2.45) is 9.98 Å². The molecule has 1 aromatic carbocycles. The van der Waals surface area contributed by atoms with Crippen molar-refractivity contribution in [3.05, 3.63) is 59.9 Å². The van der Waals surface area contributed by atoms with Gasteiger partial charge < -0.3 is 0 Å². The summed E-state index contributed by atoms with van der Waals surface area (Å²) >= 11 is 0. The van der Waals surface area contributed by atoms with Gasteiger partial charge in [0.05, 0.1) is 17.3 Å². The second-order valence-electron chi connectivity index (χ2n) is 5.56. The molecule has 2 aliphatic heterocycles. The average molecular weight is 305 g/mol. The van der Waals surface area contributed by atoms with Gasteiger partial charge in [-0.05, 0) is 31.2 Å². The maximum Gasteiger partial charge on any atom is 0.259 e. The van der Waals surface area contributed by atoms with E-state index in [-0.39, 0.29) is 11.9 Å². The lowest BCUT2D eigenvalue weighted by atomic mass is 10.1. The molecule has 2 aromatic rings. The summed E-state index contributed by atoms with van der Waals surface area (Å²) in [7, 11) is 0. The minimum atomic E-state index is -0.227. The summed E-state index contributed by atoms with van der Waals surface area (Å²) in [5.74, 6) is 1.15. The van der Waals surface area contributed by atoms with Gasteiger partial charge in [0.25, 0.3) is 5.91 Å². The number of carbonyl (C=O) groups is 1. The zero-order valence-corrected chi connectivity index (χ0v) is 12.6. The number of fused-ring (bicyclic) bond motifs is 3. The zero-order chi connectivity index (χ0) is 15.8. The Kier molecular flexibility index (Phi) is 3.15. The van der Waals surface area contributed by atoms with Crippen molar-refractivity contribution in [2.45, 2.75) is 13.0 Å². The van der Waals surface area contributed by atoms with E-state index in [4.69, 9.17) is 0 Å². The maximum absolute atomic E-state index is 12.4. The Morgan fingerprint density at radius 2 is 2.13 bits per heavy atom. The molecule has 6 heteroatoms. The number of amides is 1. The van der Waals surface area contributed by atoms with Gasteiger partial charge in [0, 0.05) is 24.5 Å². The van der Waals surface area contributed by atoms with Gasteiger partial charge in [-0.3, -0.25) is 25.0 Å². The number of rotatable bonds is 1. The maximum atomic E-state index is 12.4. The van der Waals surface area contributed by atoms with Gasteiger partial charge in [-0.15, -0.1) is 0 Å². The van der Waals surface area contributed by atoms with E-state index in [2.05, 4.69) is 27.2 Å². The number of pyridine rings is 1. The summed E-state index contributed by atoms with van der Waals surface area (Å²) in [4.78, 5) is 27.6. The number of amidine groups is 1. The third kappa shape index (κ3) is 2.38. The van der Waals surface area contributed by atoms with Gasteiger partial charge in [-0.25, -0.2) is 4.99 Å². The van der Waals surface area contributed by atoms with Crippen LogP contribution < -0.4 is 5.32 Å². The number of guanidine groups is 1. The number of nitrogens with zero attached hydrogens (tertiary/aromatic N) is 4. The molecule has 1 atom stereocenters.